The zero-order valence-electron chi connectivity index (χ0n) is 11.6. The zero-order chi connectivity index (χ0) is 15.6. The van der Waals surface area contributed by atoms with Crippen molar-refractivity contribution < 1.29 is 14.6 Å². The maximum absolute atomic E-state index is 12.3. The lowest BCUT2D eigenvalue weighted by molar-refractivity contribution is 0.102. The largest absolute Gasteiger partial charge is 0.506 e. The third-order valence-corrected chi connectivity index (χ3v) is 3.47. The highest BCUT2D eigenvalue weighted by Crippen LogP contribution is 2.32. The van der Waals surface area contributed by atoms with Crippen molar-refractivity contribution in [3.05, 3.63) is 45.9 Å². The first-order chi connectivity index (χ1) is 9.92. The Balaban J connectivity index is 2.33. The number of carbonyl (C=O) groups excluding carboxylic acids is 1. The Bertz CT molecular complexity index is 702. The summed E-state index contributed by atoms with van der Waals surface area (Å²) < 4.78 is 6.13. The van der Waals surface area contributed by atoms with Crippen molar-refractivity contribution in [2.75, 3.05) is 18.2 Å². The van der Waals surface area contributed by atoms with Gasteiger partial charge in [0.05, 0.1) is 18.5 Å². The van der Waals surface area contributed by atoms with E-state index in [0.29, 0.717) is 17.0 Å². The normalized spacial score (nSPS) is 10.2. The smallest absolute Gasteiger partial charge is 0.255 e. The van der Waals surface area contributed by atoms with Gasteiger partial charge in [0.15, 0.2) is 0 Å². The zero-order valence-corrected chi connectivity index (χ0v) is 13.2. The van der Waals surface area contributed by atoms with Gasteiger partial charge in [-0.05, 0) is 42.8 Å². The van der Waals surface area contributed by atoms with Crippen molar-refractivity contribution in [1.29, 1.82) is 0 Å². The summed E-state index contributed by atoms with van der Waals surface area (Å²) in [6, 6.07) is 7.99. The fourth-order valence-electron chi connectivity index (χ4n) is 1.90. The Morgan fingerprint density at radius 2 is 2.05 bits per heavy atom. The molecule has 2 rings (SSSR count). The van der Waals surface area contributed by atoms with Gasteiger partial charge >= 0.3 is 0 Å². The van der Waals surface area contributed by atoms with E-state index in [1.807, 2.05) is 13.0 Å². The number of aryl methyl sites for hydroxylation is 1. The fourth-order valence-corrected chi connectivity index (χ4v) is 2.46. The number of aromatic hydroxyl groups is 1. The SMILES string of the molecule is COc1cc(Br)cc(C)c1NC(=O)c1ccc(N)c(O)c1. The average molecular weight is 351 g/mol. The molecular weight excluding hydrogens is 336 g/mol. The van der Waals surface area contributed by atoms with E-state index in [1.54, 1.807) is 12.1 Å². The minimum Gasteiger partial charge on any atom is -0.506 e. The number of nitrogens with two attached hydrogens (primary N) is 1. The minimum absolute atomic E-state index is 0.123. The third-order valence-electron chi connectivity index (χ3n) is 3.02. The van der Waals surface area contributed by atoms with E-state index in [4.69, 9.17) is 10.5 Å². The van der Waals surface area contributed by atoms with Gasteiger partial charge in [0.25, 0.3) is 5.91 Å². The molecule has 0 aliphatic rings. The van der Waals surface area contributed by atoms with E-state index in [1.165, 1.54) is 19.2 Å². The highest BCUT2D eigenvalue weighted by molar-refractivity contribution is 9.10. The first-order valence-corrected chi connectivity index (χ1v) is 6.95. The highest BCUT2D eigenvalue weighted by Gasteiger charge is 2.14. The summed E-state index contributed by atoms with van der Waals surface area (Å²) in [4.78, 5) is 12.3. The predicted molar refractivity (Wildman–Crippen MR) is 85.9 cm³/mol. The van der Waals surface area contributed by atoms with Crippen LogP contribution in [0.4, 0.5) is 11.4 Å². The van der Waals surface area contributed by atoms with Gasteiger partial charge in [0, 0.05) is 10.0 Å². The number of phenolic OH excluding ortho intramolecular Hbond substituents is 1. The number of nitrogens with one attached hydrogen (secondary N) is 1. The van der Waals surface area contributed by atoms with Crippen LogP contribution in [0.5, 0.6) is 11.5 Å². The topological polar surface area (TPSA) is 84.6 Å². The van der Waals surface area contributed by atoms with Gasteiger partial charge in [-0.25, -0.2) is 0 Å². The van der Waals surface area contributed by atoms with Crippen molar-refractivity contribution in [2.45, 2.75) is 6.92 Å². The van der Waals surface area contributed by atoms with Crippen LogP contribution in [-0.2, 0) is 0 Å². The quantitative estimate of drug-likeness (QED) is 0.585. The van der Waals surface area contributed by atoms with Crippen LogP contribution >= 0.6 is 15.9 Å². The summed E-state index contributed by atoms with van der Waals surface area (Å²) in [6.07, 6.45) is 0. The maximum Gasteiger partial charge on any atom is 0.255 e. The Morgan fingerprint density at radius 3 is 2.67 bits per heavy atom. The van der Waals surface area contributed by atoms with Crippen LogP contribution in [0.3, 0.4) is 0 Å². The second-order valence-corrected chi connectivity index (χ2v) is 5.44. The molecule has 5 nitrogen and oxygen atoms in total. The first-order valence-electron chi connectivity index (χ1n) is 6.16. The van der Waals surface area contributed by atoms with Gasteiger partial charge in [-0.2, -0.15) is 0 Å². The molecule has 0 saturated carbocycles. The fraction of sp³-hybridized carbons (Fsp3) is 0.133. The van der Waals surface area contributed by atoms with Gasteiger partial charge in [0.2, 0.25) is 0 Å². The molecule has 0 spiro atoms. The first kappa shape index (κ1) is 15.2. The molecule has 2 aromatic rings. The van der Waals surface area contributed by atoms with Crippen molar-refractivity contribution in [3.63, 3.8) is 0 Å². The third kappa shape index (κ3) is 3.28. The van der Waals surface area contributed by atoms with Gasteiger partial charge in [-0.3, -0.25) is 4.79 Å². The van der Waals surface area contributed by atoms with Gasteiger partial charge in [-0.15, -0.1) is 0 Å². The number of benzene rings is 2. The van der Waals surface area contributed by atoms with Crippen LogP contribution in [0.15, 0.2) is 34.8 Å². The molecule has 0 bridgehead atoms. The van der Waals surface area contributed by atoms with Crippen LogP contribution in [0, 0.1) is 6.92 Å². The lowest BCUT2D eigenvalue weighted by Crippen LogP contribution is -2.13. The molecule has 0 fully saturated rings. The Kier molecular flexibility index (Phi) is 4.37. The summed E-state index contributed by atoms with van der Waals surface area (Å²) in [7, 11) is 1.53. The molecule has 0 aromatic heterocycles. The highest BCUT2D eigenvalue weighted by atomic mass is 79.9. The molecule has 4 N–H and O–H groups in total. The van der Waals surface area contributed by atoms with Crippen LogP contribution < -0.4 is 15.8 Å². The van der Waals surface area contributed by atoms with Gasteiger partial charge in [0.1, 0.15) is 11.5 Å². The molecule has 2 aromatic carbocycles. The number of anilines is 2. The minimum atomic E-state index is -0.353. The van der Waals surface area contributed by atoms with Crippen molar-refractivity contribution in [1.82, 2.24) is 0 Å². The number of methoxy groups -OCH3 is 1. The van der Waals surface area contributed by atoms with E-state index < -0.39 is 0 Å². The predicted octanol–water partition coefficient (Wildman–Crippen LogP) is 3.31. The lowest BCUT2D eigenvalue weighted by Gasteiger charge is -2.14. The standard InChI is InChI=1S/C15H15BrN2O3/c1-8-5-10(16)7-13(21-2)14(8)18-15(20)9-3-4-11(17)12(19)6-9/h3-7,19H,17H2,1-2H3,(H,18,20). The molecule has 1 amide bonds. The molecule has 0 radical (unpaired) electrons. The molecule has 0 unspecified atom stereocenters. The number of halogens is 1. The Morgan fingerprint density at radius 1 is 1.33 bits per heavy atom. The second-order valence-electron chi connectivity index (χ2n) is 4.53. The molecule has 0 aliphatic carbocycles. The van der Waals surface area contributed by atoms with Crippen LogP contribution in [0.1, 0.15) is 15.9 Å². The summed E-state index contributed by atoms with van der Waals surface area (Å²) >= 11 is 3.38. The summed E-state index contributed by atoms with van der Waals surface area (Å²) in [5.74, 6) is 0.0751. The van der Waals surface area contributed by atoms with E-state index in [2.05, 4.69) is 21.2 Å². The molecule has 0 atom stereocenters. The van der Waals surface area contributed by atoms with E-state index in [9.17, 15) is 9.90 Å². The number of hydrogen-bond donors (Lipinski definition) is 3. The van der Waals surface area contributed by atoms with E-state index in [-0.39, 0.29) is 17.3 Å². The Hall–Kier alpha value is -2.21. The van der Waals surface area contributed by atoms with Crippen molar-refractivity contribution in [3.8, 4) is 11.5 Å². The molecule has 0 saturated heterocycles. The number of phenols is 1. The number of nitrogen functional groups attached to an aromatic ring is 1. The van der Waals surface area contributed by atoms with Gasteiger partial charge < -0.3 is 20.9 Å². The number of hydrogen-bond acceptors (Lipinski definition) is 4. The number of rotatable bonds is 3. The maximum atomic E-state index is 12.3. The summed E-state index contributed by atoms with van der Waals surface area (Å²) in [5.41, 5.74) is 7.50. The molecular formula is C15H15BrN2O3. The van der Waals surface area contributed by atoms with Gasteiger partial charge in [-0.1, -0.05) is 15.9 Å². The van der Waals surface area contributed by atoms with Crippen LogP contribution in [0.25, 0.3) is 0 Å². The summed E-state index contributed by atoms with van der Waals surface area (Å²) in [5, 5.41) is 12.4. The Labute approximate surface area is 130 Å². The number of amides is 1. The number of carbonyl (C=O) groups is 1. The van der Waals surface area contributed by atoms with E-state index >= 15 is 0 Å². The molecule has 21 heavy (non-hydrogen) atoms. The van der Waals surface area contributed by atoms with Crippen LogP contribution in [-0.4, -0.2) is 18.1 Å². The molecule has 110 valence electrons. The average Bonchev–Trinajstić information content (AvgIpc) is 2.44. The number of ether oxygens (including phenoxy) is 1. The molecule has 0 heterocycles. The van der Waals surface area contributed by atoms with Crippen LogP contribution in [0.2, 0.25) is 0 Å². The van der Waals surface area contributed by atoms with Crippen molar-refractivity contribution >= 4 is 33.2 Å². The monoisotopic (exact) mass is 350 g/mol. The summed E-state index contributed by atoms with van der Waals surface area (Å²) in [6.45, 7) is 1.86. The van der Waals surface area contributed by atoms with Crippen molar-refractivity contribution in [2.24, 2.45) is 0 Å². The lowest BCUT2D eigenvalue weighted by atomic mass is 10.1. The second kappa shape index (κ2) is 6.05. The molecule has 0 aliphatic heterocycles. The van der Waals surface area contributed by atoms with E-state index in [0.717, 1.165) is 10.0 Å². The molecule has 6 heteroatoms.